The van der Waals surface area contributed by atoms with E-state index in [1.54, 1.807) is 0 Å². The predicted molar refractivity (Wildman–Crippen MR) is 177 cm³/mol. The highest BCUT2D eigenvalue weighted by Crippen LogP contribution is 2.37. The minimum absolute atomic E-state index is 0.299. The first-order chi connectivity index (χ1) is 20.7. The zero-order valence-corrected chi connectivity index (χ0v) is 27.9. The molecule has 2 saturated heterocycles. The molecule has 6 rings (SSSR count). The Kier molecular flexibility index (Phi) is 7.89. The van der Waals surface area contributed by atoms with Crippen LogP contribution in [0.15, 0.2) is 48.7 Å². The summed E-state index contributed by atoms with van der Waals surface area (Å²) in [6.07, 6.45) is 2.49. The summed E-state index contributed by atoms with van der Waals surface area (Å²) < 4.78 is 20.6. The van der Waals surface area contributed by atoms with Crippen molar-refractivity contribution in [2.24, 2.45) is 0 Å². The standard InChI is InChI=1S/C33H43BN4O5Si/c1-32(2)33(3,4)43-34(42-32)26-13-12-22-17-23(10-11-24(22)18-26)25-19-27-29(35-20-25)38(21-41-15-16-44(5,6)7)30(36-27)28-9-8-14-37(28)31(39)40/h10-13,17-20,28H,8-9,14-16,21H2,1-7H3,(H,39,40). The van der Waals surface area contributed by atoms with Gasteiger partial charge < -0.3 is 19.2 Å². The van der Waals surface area contributed by atoms with E-state index in [1.807, 2.05) is 16.8 Å². The minimum atomic E-state index is -1.25. The van der Waals surface area contributed by atoms with Crippen molar-refractivity contribution in [1.82, 2.24) is 19.4 Å². The number of amides is 1. The third kappa shape index (κ3) is 5.90. The van der Waals surface area contributed by atoms with E-state index in [0.717, 1.165) is 51.8 Å². The summed E-state index contributed by atoms with van der Waals surface area (Å²) in [6, 6.07) is 15.5. The lowest BCUT2D eigenvalue weighted by molar-refractivity contribution is 0.00578. The first-order valence-electron chi connectivity index (χ1n) is 15.6. The summed E-state index contributed by atoms with van der Waals surface area (Å²) in [5.41, 5.74) is 3.65. The molecule has 4 heterocycles. The Labute approximate surface area is 260 Å². The van der Waals surface area contributed by atoms with Gasteiger partial charge in [-0.1, -0.05) is 50.0 Å². The SMILES string of the molecule is CC1(C)OB(c2ccc3cc(-c4cnc5c(c4)nc(C4CCCN4C(=O)O)n5COCC[Si](C)(C)C)ccc3c2)OC1(C)C. The molecule has 0 radical (unpaired) electrons. The van der Waals surface area contributed by atoms with Gasteiger partial charge in [0.1, 0.15) is 18.1 Å². The van der Waals surface area contributed by atoms with E-state index >= 15 is 0 Å². The second kappa shape index (κ2) is 11.3. The molecule has 4 aromatic rings. The van der Waals surface area contributed by atoms with Gasteiger partial charge in [-0.2, -0.15) is 0 Å². The number of ether oxygens (including phenoxy) is 1. The number of imidazole rings is 1. The van der Waals surface area contributed by atoms with Gasteiger partial charge in [0.25, 0.3) is 0 Å². The molecule has 0 spiro atoms. The van der Waals surface area contributed by atoms with Crippen LogP contribution in [0.4, 0.5) is 4.79 Å². The molecule has 232 valence electrons. The molecule has 0 bridgehead atoms. The van der Waals surface area contributed by atoms with Crippen LogP contribution in [-0.4, -0.2) is 70.2 Å². The third-order valence-electron chi connectivity index (χ3n) is 9.35. The summed E-state index contributed by atoms with van der Waals surface area (Å²) in [5, 5.41) is 12.1. The predicted octanol–water partition coefficient (Wildman–Crippen LogP) is 6.68. The van der Waals surface area contributed by atoms with Crippen molar-refractivity contribution < 1.29 is 23.9 Å². The normalized spacial score (nSPS) is 19.8. The van der Waals surface area contributed by atoms with E-state index in [2.05, 4.69) is 83.7 Å². The van der Waals surface area contributed by atoms with Crippen molar-refractivity contribution in [3.8, 4) is 11.1 Å². The molecule has 44 heavy (non-hydrogen) atoms. The Morgan fingerprint density at radius 2 is 1.75 bits per heavy atom. The largest absolute Gasteiger partial charge is 0.494 e. The lowest BCUT2D eigenvalue weighted by Gasteiger charge is -2.32. The van der Waals surface area contributed by atoms with Gasteiger partial charge in [-0.25, -0.2) is 14.8 Å². The van der Waals surface area contributed by atoms with Crippen LogP contribution >= 0.6 is 0 Å². The number of fused-ring (bicyclic) bond motifs is 2. The fourth-order valence-electron chi connectivity index (χ4n) is 5.94. The van der Waals surface area contributed by atoms with E-state index in [4.69, 9.17) is 24.0 Å². The van der Waals surface area contributed by atoms with Crippen LogP contribution in [0, 0.1) is 0 Å². The van der Waals surface area contributed by atoms with Crippen molar-refractivity contribution in [3.05, 3.63) is 54.5 Å². The Hall–Kier alpha value is -3.25. The van der Waals surface area contributed by atoms with Gasteiger partial charge in [0, 0.05) is 33.0 Å². The number of benzene rings is 2. The molecular weight excluding hydrogens is 571 g/mol. The van der Waals surface area contributed by atoms with Crippen LogP contribution in [-0.2, 0) is 20.8 Å². The number of likely N-dealkylation sites (tertiary alicyclic amines) is 1. The molecule has 1 N–H and O–H groups in total. The molecule has 9 nitrogen and oxygen atoms in total. The van der Waals surface area contributed by atoms with Crippen molar-refractivity contribution in [3.63, 3.8) is 0 Å². The van der Waals surface area contributed by atoms with Gasteiger partial charge in [-0.3, -0.25) is 9.47 Å². The Bertz CT molecular complexity index is 1700. The lowest BCUT2D eigenvalue weighted by Crippen LogP contribution is -2.41. The first kappa shape index (κ1) is 30.8. The van der Waals surface area contributed by atoms with Gasteiger partial charge >= 0.3 is 13.2 Å². The second-order valence-corrected chi connectivity index (χ2v) is 20.0. The number of rotatable bonds is 8. The molecule has 2 fully saturated rings. The monoisotopic (exact) mass is 614 g/mol. The molecular formula is C33H43BN4O5Si. The summed E-state index contributed by atoms with van der Waals surface area (Å²) in [7, 11) is -1.65. The maximum atomic E-state index is 12.0. The van der Waals surface area contributed by atoms with E-state index in [1.165, 1.54) is 4.90 Å². The second-order valence-electron chi connectivity index (χ2n) is 14.4. The Morgan fingerprint density at radius 1 is 1.05 bits per heavy atom. The Balaban J connectivity index is 1.30. The topological polar surface area (TPSA) is 98.9 Å². The van der Waals surface area contributed by atoms with E-state index in [0.29, 0.717) is 31.4 Å². The highest BCUT2D eigenvalue weighted by molar-refractivity contribution is 6.76. The zero-order valence-electron chi connectivity index (χ0n) is 26.9. The molecule has 2 aromatic heterocycles. The number of carboxylic acid groups (broad SMARTS) is 1. The highest BCUT2D eigenvalue weighted by Gasteiger charge is 2.51. The maximum Gasteiger partial charge on any atom is 0.494 e. The molecule has 2 aliphatic rings. The lowest BCUT2D eigenvalue weighted by atomic mass is 9.78. The molecule has 1 amide bonds. The fourth-order valence-corrected chi connectivity index (χ4v) is 6.69. The Morgan fingerprint density at radius 3 is 2.45 bits per heavy atom. The molecule has 11 heteroatoms. The zero-order chi connectivity index (χ0) is 31.4. The number of aromatic nitrogens is 3. The summed E-state index contributed by atoms with van der Waals surface area (Å²) >= 11 is 0. The first-order valence-corrected chi connectivity index (χ1v) is 19.3. The highest BCUT2D eigenvalue weighted by atomic mass is 28.3. The van der Waals surface area contributed by atoms with Crippen LogP contribution in [0.3, 0.4) is 0 Å². The minimum Gasteiger partial charge on any atom is -0.465 e. The van der Waals surface area contributed by atoms with Gasteiger partial charge in [-0.15, -0.1) is 0 Å². The van der Waals surface area contributed by atoms with E-state index < -0.39 is 32.5 Å². The molecule has 0 saturated carbocycles. The summed E-state index contributed by atoms with van der Waals surface area (Å²) in [5.74, 6) is 0.700. The molecule has 2 aliphatic heterocycles. The van der Waals surface area contributed by atoms with Gasteiger partial charge in [-0.05, 0) is 80.5 Å². The maximum absolute atomic E-state index is 12.0. The summed E-state index contributed by atoms with van der Waals surface area (Å²) in [6.45, 7) is 16.7. The van der Waals surface area contributed by atoms with E-state index in [9.17, 15) is 9.90 Å². The quantitative estimate of drug-likeness (QED) is 0.175. The number of carbonyl (C=O) groups is 1. The van der Waals surface area contributed by atoms with Crippen LogP contribution in [0.25, 0.3) is 33.1 Å². The molecule has 2 aromatic carbocycles. The molecule has 1 atom stereocenters. The number of hydrogen-bond acceptors (Lipinski definition) is 6. The smallest absolute Gasteiger partial charge is 0.465 e. The summed E-state index contributed by atoms with van der Waals surface area (Å²) in [4.78, 5) is 23.3. The van der Waals surface area contributed by atoms with Crippen molar-refractivity contribution in [2.45, 2.75) is 90.2 Å². The number of pyridine rings is 1. The average Bonchev–Trinajstić information content (AvgIpc) is 3.63. The van der Waals surface area contributed by atoms with Crippen LogP contribution in [0.1, 0.15) is 52.4 Å². The molecule has 0 aliphatic carbocycles. The van der Waals surface area contributed by atoms with Crippen LogP contribution < -0.4 is 5.46 Å². The van der Waals surface area contributed by atoms with Gasteiger partial charge in [0.05, 0.1) is 17.2 Å². The van der Waals surface area contributed by atoms with Crippen molar-refractivity contribution in [2.75, 3.05) is 13.2 Å². The van der Waals surface area contributed by atoms with Crippen LogP contribution in [0.5, 0.6) is 0 Å². The number of hydrogen-bond donors (Lipinski definition) is 1. The van der Waals surface area contributed by atoms with Gasteiger partial charge in [0.15, 0.2) is 5.65 Å². The van der Waals surface area contributed by atoms with Crippen molar-refractivity contribution >= 4 is 48.7 Å². The average molecular weight is 615 g/mol. The van der Waals surface area contributed by atoms with Crippen molar-refractivity contribution in [1.29, 1.82) is 0 Å². The van der Waals surface area contributed by atoms with E-state index in [-0.39, 0.29) is 6.04 Å². The third-order valence-corrected chi connectivity index (χ3v) is 11.1. The van der Waals surface area contributed by atoms with Gasteiger partial charge in [0.2, 0.25) is 0 Å². The molecule has 1 unspecified atom stereocenters. The fraction of sp³-hybridized carbons (Fsp3) is 0.485. The van der Waals surface area contributed by atoms with Crippen LogP contribution in [0.2, 0.25) is 25.7 Å². The number of nitrogens with zero attached hydrogens (tertiary/aromatic N) is 4.